The second-order valence-corrected chi connectivity index (χ2v) is 3.37. The van der Waals surface area contributed by atoms with Gasteiger partial charge in [-0.3, -0.25) is 0 Å². The molecule has 1 heterocycles. The fourth-order valence-corrected chi connectivity index (χ4v) is 0.416. The van der Waals surface area contributed by atoms with Crippen LogP contribution in [-0.4, -0.2) is 36.5 Å². The molecule has 1 rings (SSSR count). The van der Waals surface area contributed by atoms with Gasteiger partial charge in [0.2, 0.25) is 0 Å². The molecule has 0 aliphatic carbocycles. The average Bonchev–Trinajstić information content (AvgIpc) is 2.84. The molecule has 0 spiro atoms. The molecule has 1 fully saturated rings. The number of esters is 1. The van der Waals surface area contributed by atoms with Gasteiger partial charge in [-0.2, -0.15) is 0 Å². The van der Waals surface area contributed by atoms with Crippen molar-refractivity contribution in [3.8, 4) is 0 Å². The second-order valence-electron chi connectivity index (χ2n) is 3.37. The largest absolute Gasteiger partial charge is 0.460 e. The number of hydrogen-bond acceptors (Lipinski definition) is 4. The zero-order valence-corrected chi connectivity index (χ0v) is 8.95. The molecule has 1 aliphatic heterocycles. The van der Waals surface area contributed by atoms with Gasteiger partial charge in [0, 0.05) is 5.57 Å². The highest BCUT2D eigenvalue weighted by molar-refractivity contribution is 5.86. The molecule has 4 heteroatoms. The highest BCUT2D eigenvalue weighted by Crippen LogP contribution is 2.04. The van der Waals surface area contributed by atoms with Crippen LogP contribution in [0, 0.1) is 0 Å². The van der Waals surface area contributed by atoms with Gasteiger partial charge < -0.3 is 14.6 Å². The Bertz CT molecular complexity index is 194. The average molecular weight is 202 g/mol. The lowest BCUT2D eigenvalue weighted by atomic mass is 10.3. The Morgan fingerprint density at radius 1 is 1.79 bits per heavy atom. The maximum absolute atomic E-state index is 10.6. The maximum Gasteiger partial charge on any atom is 0.333 e. The van der Waals surface area contributed by atoms with Crippen LogP contribution in [0.3, 0.4) is 0 Å². The van der Waals surface area contributed by atoms with Gasteiger partial charge in [0.1, 0.15) is 6.61 Å². The van der Waals surface area contributed by atoms with Crippen LogP contribution in [0.2, 0.25) is 0 Å². The van der Waals surface area contributed by atoms with E-state index < -0.39 is 12.1 Å². The SMILES string of the molecule is C=C(C)C(=O)OCC(C)O.CC1CO1. The van der Waals surface area contributed by atoms with Crippen molar-refractivity contribution in [2.24, 2.45) is 0 Å². The molecule has 2 unspecified atom stereocenters. The maximum atomic E-state index is 10.6. The predicted octanol–water partition coefficient (Wildman–Crippen LogP) is 0.892. The summed E-state index contributed by atoms with van der Waals surface area (Å²) < 4.78 is 9.28. The highest BCUT2D eigenvalue weighted by Gasteiger charge is 2.13. The first-order chi connectivity index (χ1) is 6.43. The molecule has 82 valence electrons. The Morgan fingerprint density at radius 2 is 2.21 bits per heavy atom. The molecular weight excluding hydrogens is 184 g/mol. The van der Waals surface area contributed by atoms with Gasteiger partial charge in [-0.15, -0.1) is 0 Å². The lowest BCUT2D eigenvalue weighted by Crippen LogP contribution is -2.15. The van der Waals surface area contributed by atoms with E-state index in [2.05, 4.69) is 18.2 Å². The summed E-state index contributed by atoms with van der Waals surface area (Å²) in [4.78, 5) is 10.6. The number of hydrogen-bond donors (Lipinski definition) is 1. The van der Waals surface area contributed by atoms with E-state index in [-0.39, 0.29) is 6.61 Å². The monoisotopic (exact) mass is 202 g/mol. The Hall–Kier alpha value is -0.870. The summed E-state index contributed by atoms with van der Waals surface area (Å²) in [5, 5.41) is 8.68. The van der Waals surface area contributed by atoms with Crippen molar-refractivity contribution in [1.82, 2.24) is 0 Å². The van der Waals surface area contributed by atoms with Crippen LogP contribution in [0.5, 0.6) is 0 Å². The minimum Gasteiger partial charge on any atom is -0.460 e. The van der Waals surface area contributed by atoms with Gasteiger partial charge >= 0.3 is 5.97 Å². The number of epoxide rings is 1. The van der Waals surface area contributed by atoms with Crippen molar-refractivity contribution < 1.29 is 19.4 Å². The zero-order chi connectivity index (χ0) is 11.1. The molecule has 0 bridgehead atoms. The van der Waals surface area contributed by atoms with Crippen LogP contribution in [0.25, 0.3) is 0 Å². The van der Waals surface area contributed by atoms with E-state index in [9.17, 15) is 4.79 Å². The number of carbonyl (C=O) groups is 1. The lowest BCUT2D eigenvalue weighted by molar-refractivity contribution is -0.141. The van der Waals surface area contributed by atoms with Crippen molar-refractivity contribution >= 4 is 5.97 Å². The molecule has 0 amide bonds. The van der Waals surface area contributed by atoms with Crippen molar-refractivity contribution in [1.29, 1.82) is 0 Å². The summed E-state index contributed by atoms with van der Waals surface area (Å²) in [7, 11) is 0. The van der Waals surface area contributed by atoms with Gasteiger partial charge in [-0.05, 0) is 20.8 Å². The topological polar surface area (TPSA) is 59.1 Å². The Balaban J connectivity index is 0.000000344. The Kier molecular flexibility index (Phi) is 6.16. The summed E-state index contributed by atoms with van der Waals surface area (Å²) in [5.41, 5.74) is 0.348. The first-order valence-electron chi connectivity index (χ1n) is 4.55. The first-order valence-corrected chi connectivity index (χ1v) is 4.55. The van der Waals surface area contributed by atoms with Crippen molar-refractivity contribution in [2.45, 2.75) is 33.0 Å². The molecular formula is C10H18O4. The number of rotatable bonds is 3. The molecule has 14 heavy (non-hydrogen) atoms. The highest BCUT2D eigenvalue weighted by atomic mass is 16.6. The number of aliphatic hydroxyl groups excluding tert-OH is 1. The van der Waals surface area contributed by atoms with Crippen molar-refractivity contribution in [3.05, 3.63) is 12.2 Å². The number of aliphatic hydroxyl groups is 1. The summed E-state index contributed by atoms with van der Waals surface area (Å²) in [6, 6.07) is 0. The minimum atomic E-state index is -0.608. The summed E-state index contributed by atoms with van der Waals surface area (Å²) in [6.45, 7) is 9.56. The quantitative estimate of drug-likeness (QED) is 0.419. The molecule has 2 atom stereocenters. The molecule has 1 saturated heterocycles. The molecule has 1 N–H and O–H groups in total. The molecule has 0 saturated carbocycles. The fraction of sp³-hybridized carbons (Fsp3) is 0.700. The predicted molar refractivity (Wildman–Crippen MR) is 52.9 cm³/mol. The first kappa shape index (κ1) is 13.1. The van der Waals surface area contributed by atoms with Gasteiger partial charge in [0.25, 0.3) is 0 Å². The van der Waals surface area contributed by atoms with E-state index in [1.165, 1.54) is 0 Å². The molecule has 0 aromatic rings. The number of carbonyl (C=O) groups excluding carboxylic acids is 1. The normalized spacial score (nSPS) is 20.1. The number of ether oxygens (including phenoxy) is 2. The van der Waals surface area contributed by atoms with Gasteiger partial charge in [-0.25, -0.2) is 4.79 Å². The summed E-state index contributed by atoms with van der Waals surface area (Å²) >= 11 is 0. The van der Waals surface area contributed by atoms with Crippen LogP contribution < -0.4 is 0 Å². The van der Waals surface area contributed by atoms with Crippen LogP contribution in [0.15, 0.2) is 12.2 Å². The Labute approximate surface area is 84.5 Å². The van der Waals surface area contributed by atoms with E-state index in [0.29, 0.717) is 11.7 Å². The van der Waals surface area contributed by atoms with Crippen molar-refractivity contribution in [2.75, 3.05) is 13.2 Å². The minimum absolute atomic E-state index is 0.0334. The van der Waals surface area contributed by atoms with E-state index in [1.54, 1.807) is 13.8 Å². The molecule has 1 aliphatic rings. The van der Waals surface area contributed by atoms with E-state index in [0.717, 1.165) is 6.61 Å². The Morgan fingerprint density at radius 3 is 2.43 bits per heavy atom. The molecule has 4 nitrogen and oxygen atoms in total. The van der Waals surface area contributed by atoms with Gasteiger partial charge in [-0.1, -0.05) is 6.58 Å². The smallest absolute Gasteiger partial charge is 0.333 e. The van der Waals surface area contributed by atoms with Gasteiger partial charge in [0.05, 0.1) is 18.8 Å². The van der Waals surface area contributed by atoms with Crippen LogP contribution >= 0.6 is 0 Å². The van der Waals surface area contributed by atoms with E-state index >= 15 is 0 Å². The van der Waals surface area contributed by atoms with Crippen LogP contribution in [0.1, 0.15) is 20.8 Å². The van der Waals surface area contributed by atoms with Crippen LogP contribution in [-0.2, 0) is 14.3 Å². The molecule has 0 aromatic carbocycles. The fourth-order valence-electron chi connectivity index (χ4n) is 0.416. The third kappa shape index (κ3) is 9.22. The second kappa shape index (κ2) is 6.56. The van der Waals surface area contributed by atoms with E-state index in [1.807, 2.05) is 0 Å². The lowest BCUT2D eigenvalue weighted by Gasteiger charge is -2.04. The zero-order valence-electron chi connectivity index (χ0n) is 8.95. The standard InChI is InChI=1S/C7H12O3.C3H6O/c1-5(2)7(9)10-4-6(3)8;1-3-2-4-3/h6,8H,1,4H2,2-3H3;3H,2H2,1H3. The van der Waals surface area contributed by atoms with E-state index in [4.69, 9.17) is 9.84 Å². The summed E-state index contributed by atoms with van der Waals surface area (Å²) in [5.74, 6) is -0.457. The molecule has 0 aromatic heterocycles. The summed E-state index contributed by atoms with van der Waals surface area (Å²) in [6.07, 6.45) is -0.0247. The third-order valence-electron chi connectivity index (χ3n) is 1.30. The third-order valence-corrected chi connectivity index (χ3v) is 1.30. The van der Waals surface area contributed by atoms with Gasteiger partial charge in [0.15, 0.2) is 0 Å². The van der Waals surface area contributed by atoms with Crippen LogP contribution in [0.4, 0.5) is 0 Å². The van der Waals surface area contributed by atoms with Crippen molar-refractivity contribution in [3.63, 3.8) is 0 Å². The molecule has 0 radical (unpaired) electrons.